The molecule has 1 saturated heterocycles. The predicted octanol–water partition coefficient (Wildman–Crippen LogP) is 5.29. The van der Waals surface area contributed by atoms with E-state index >= 15 is 0 Å². The second-order valence-electron chi connectivity index (χ2n) is 11.1. The van der Waals surface area contributed by atoms with Gasteiger partial charge < -0.3 is 15.7 Å². The van der Waals surface area contributed by atoms with Gasteiger partial charge in [0.05, 0.1) is 11.1 Å². The molecule has 0 spiro atoms. The molecule has 1 aromatic heterocycles. The Bertz CT molecular complexity index is 1450. The minimum Gasteiger partial charge on any atom is -0.477 e. The van der Waals surface area contributed by atoms with Gasteiger partial charge in [-0.25, -0.2) is 18.2 Å². The van der Waals surface area contributed by atoms with Gasteiger partial charge in [-0.05, 0) is 59.4 Å². The van der Waals surface area contributed by atoms with E-state index in [9.17, 15) is 18.0 Å². The summed E-state index contributed by atoms with van der Waals surface area (Å²) in [4.78, 5) is 29.2. The van der Waals surface area contributed by atoms with E-state index in [2.05, 4.69) is 29.5 Å². The minimum absolute atomic E-state index is 0.0111. The molecular formula is C30H38N4O5S2. The molecule has 1 aliphatic heterocycles. The molecule has 1 aliphatic rings. The van der Waals surface area contributed by atoms with Crippen molar-refractivity contribution in [1.82, 2.24) is 14.6 Å². The van der Waals surface area contributed by atoms with Crippen LogP contribution in [0.2, 0.25) is 0 Å². The number of sulfonamides is 1. The third kappa shape index (κ3) is 7.52. The summed E-state index contributed by atoms with van der Waals surface area (Å²) in [6.07, 6.45) is 2.18. The lowest BCUT2D eigenvalue weighted by Gasteiger charge is -2.37. The maximum absolute atomic E-state index is 13.8. The summed E-state index contributed by atoms with van der Waals surface area (Å²) in [5.74, 6) is -0.714. The summed E-state index contributed by atoms with van der Waals surface area (Å²) in [5.41, 5.74) is 3.19. The summed E-state index contributed by atoms with van der Waals surface area (Å²) in [7, 11) is -3.92. The number of carbonyl (C=O) groups excluding carboxylic acids is 1. The standard InChI is InChI=1S/C30H38N4O5S2/c1-19(2)23-7-5-21(6-8-23)16-31-28(35)26-15-22(17-32-30-33-18-27(40-30)29(36)37)13-14-34(26)41(38,39)25-11-9-24(10-12-25)20(3)4/h5-12,18-20,22,26H,13-17H2,1-4H3,(H,31,35)(H,32,33)(H,36,37)/t22-,26-/m1/s1. The van der Waals surface area contributed by atoms with Crippen LogP contribution in [0.1, 0.15) is 78.7 Å². The lowest BCUT2D eigenvalue weighted by atomic mass is 9.92. The van der Waals surface area contributed by atoms with Gasteiger partial charge in [-0.15, -0.1) is 0 Å². The van der Waals surface area contributed by atoms with Gasteiger partial charge in [-0.3, -0.25) is 4.79 Å². The molecule has 220 valence electrons. The maximum Gasteiger partial charge on any atom is 0.347 e. The van der Waals surface area contributed by atoms with Gasteiger partial charge in [0.25, 0.3) is 0 Å². The van der Waals surface area contributed by atoms with E-state index in [1.54, 1.807) is 12.1 Å². The molecule has 0 aliphatic carbocycles. The Balaban J connectivity index is 1.51. The van der Waals surface area contributed by atoms with Crippen molar-refractivity contribution in [2.75, 3.05) is 18.4 Å². The lowest BCUT2D eigenvalue weighted by Crippen LogP contribution is -2.54. The zero-order valence-corrected chi connectivity index (χ0v) is 25.5. The highest BCUT2D eigenvalue weighted by atomic mass is 32.2. The van der Waals surface area contributed by atoms with Crippen molar-refractivity contribution in [1.29, 1.82) is 0 Å². The van der Waals surface area contributed by atoms with Crippen molar-refractivity contribution in [2.24, 2.45) is 5.92 Å². The number of carboxylic acid groups (broad SMARTS) is 1. The molecule has 4 rings (SSSR count). The average molecular weight is 599 g/mol. The van der Waals surface area contributed by atoms with Gasteiger partial charge in [0.15, 0.2) is 5.13 Å². The zero-order chi connectivity index (χ0) is 29.7. The Morgan fingerprint density at radius 3 is 2.20 bits per heavy atom. The number of hydrogen-bond acceptors (Lipinski definition) is 7. The van der Waals surface area contributed by atoms with Crippen molar-refractivity contribution in [3.05, 3.63) is 76.3 Å². The molecule has 1 amide bonds. The number of carboxylic acids is 1. The van der Waals surface area contributed by atoms with Gasteiger partial charge in [0.2, 0.25) is 15.9 Å². The van der Waals surface area contributed by atoms with Gasteiger partial charge in [-0.2, -0.15) is 4.31 Å². The first-order chi connectivity index (χ1) is 19.5. The normalized spacial score (nSPS) is 18.0. The van der Waals surface area contributed by atoms with E-state index in [1.807, 2.05) is 50.2 Å². The maximum atomic E-state index is 13.8. The van der Waals surface area contributed by atoms with E-state index < -0.39 is 22.0 Å². The number of nitrogens with zero attached hydrogens (tertiary/aromatic N) is 2. The summed E-state index contributed by atoms with van der Waals surface area (Å²) in [6, 6.07) is 14.0. The third-order valence-corrected chi connectivity index (χ3v) is 10.4. The molecule has 2 atom stereocenters. The van der Waals surface area contributed by atoms with Crippen LogP contribution in [0.3, 0.4) is 0 Å². The number of carbonyl (C=O) groups is 2. The molecule has 1 fully saturated rings. The number of nitrogens with one attached hydrogen (secondary N) is 2. The minimum atomic E-state index is -3.92. The van der Waals surface area contributed by atoms with Crippen LogP contribution in [0.5, 0.6) is 0 Å². The van der Waals surface area contributed by atoms with Crippen molar-refractivity contribution in [3.63, 3.8) is 0 Å². The first-order valence-corrected chi connectivity index (χ1v) is 16.1. The molecule has 11 heteroatoms. The number of piperidine rings is 1. The molecule has 3 aromatic rings. The summed E-state index contributed by atoms with van der Waals surface area (Å²) in [5, 5.41) is 15.8. The number of hydrogen-bond donors (Lipinski definition) is 3. The molecule has 2 aromatic carbocycles. The summed E-state index contributed by atoms with van der Waals surface area (Å²) < 4.78 is 28.9. The number of benzene rings is 2. The number of amides is 1. The van der Waals surface area contributed by atoms with Crippen molar-refractivity contribution in [3.8, 4) is 0 Å². The highest BCUT2D eigenvalue weighted by Crippen LogP contribution is 2.30. The zero-order valence-electron chi connectivity index (χ0n) is 23.8. The fourth-order valence-electron chi connectivity index (χ4n) is 4.90. The number of anilines is 1. The summed E-state index contributed by atoms with van der Waals surface area (Å²) >= 11 is 1.04. The third-order valence-electron chi connectivity index (χ3n) is 7.49. The quantitative estimate of drug-likeness (QED) is 0.274. The van der Waals surface area contributed by atoms with Gasteiger partial charge in [0.1, 0.15) is 10.9 Å². The van der Waals surface area contributed by atoms with E-state index in [4.69, 9.17) is 5.11 Å². The highest BCUT2D eigenvalue weighted by Gasteiger charge is 2.40. The summed E-state index contributed by atoms with van der Waals surface area (Å²) in [6.45, 7) is 9.28. The van der Waals surface area contributed by atoms with E-state index in [-0.39, 0.29) is 34.1 Å². The van der Waals surface area contributed by atoms with Crippen LogP contribution >= 0.6 is 11.3 Å². The number of thiazole rings is 1. The Labute approximate surface area is 246 Å². The average Bonchev–Trinajstić information content (AvgIpc) is 3.44. The first kappa shape index (κ1) is 30.7. The van der Waals surface area contributed by atoms with Crippen molar-refractivity contribution >= 4 is 38.4 Å². The van der Waals surface area contributed by atoms with Crippen LogP contribution < -0.4 is 10.6 Å². The van der Waals surface area contributed by atoms with Gasteiger partial charge in [0, 0.05) is 19.6 Å². The smallest absolute Gasteiger partial charge is 0.347 e. The van der Waals surface area contributed by atoms with Gasteiger partial charge in [-0.1, -0.05) is 75.4 Å². The second kappa shape index (κ2) is 13.1. The monoisotopic (exact) mass is 598 g/mol. The second-order valence-corrected chi connectivity index (χ2v) is 14.0. The van der Waals surface area contributed by atoms with Crippen LogP contribution in [0.15, 0.2) is 59.6 Å². The van der Waals surface area contributed by atoms with Crippen LogP contribution in [-0.4, -0.2) is 53.8 Å². The van der Waals surface area contributed by atoms with E-state index in [0.29, 0.717) is 37.0 Å². The predicted molar refractivity (Wildman–Crippen MR) is 161 cm³/mol. The van der Waals surface area contributed by atoms with Gasteiger partial charge >= 0.3 is 5.97 Å². The van der Waals surface area contributed by atoms with Crippen LogP contribution in [0, 0.1) is 5.92 Å². The van der Waals surface area contributed by atoms with Crippen LogP contribution in [-0.2, 0) is 21.4 Å². The molecule has 9 nitrogen and oxygen atoms in total. The van der Waals surface area contributed by atoms with E-state index in [1.165, 1.54) is 16.1 Å². The molecule has 41 heavy (non-hydrogen) atoms. The van der Waals surface area contributed by atoms with Crippen LogP contribution in [0.25, 0.3) is 0 Å². The number of aromatic nitrogens is 1. The molecule has 0 unspecified atom stereocenters. The molecular weight excluding hydrogens is 560 g/mol. The van der Waals surface area contributed by atoms with Crippen molar-refractivity contribution in [2.45, 2.75) is 69.9 Å². The molecule has 0 bridgehead atoms. The van der Waals surface area contributed by atoms with Crippen LogP contribution in [0.4, 0.5) is 5.13 Å². The Morgan fingerprint density at radius 2 is 1.63 bits per heavy atom. The van der Waals surface area contributed by atoms with E-state index in [0.717, 1.165) is 22.5 Å². The fraction of sp³-hybridized carbons (Fsp3) is 0.433. The van der Waals surface area contributed by atoms with Crippen molar-refractivity contribution < 1.29 is 23.1 Å². The Kier molecular flexibility index (Phi) is 9.83. The SMILES string of the molecule is CC(C)c1ccc(CNC(=O)[C@H]2C[C@H](CNc3ncc(C(=O)O)s3)CCN2S(=O)(=O)c2ccc(C(C)C)cc2)cc1. The fourth-order valence-corrected chi connectivity index (χ4v) is 7.18. The molecule has 0 radical (unpaired) electrons. The Hall–Kier alpha value is -3.28. The molecule has 3 N–H and O–H groups in total. The first-order valence-electron chi connectivity index (χ1n) is 13.9. The molecule has 2 heterocycles. The lowest BCUT2D eigenvalue weighted by molar-refractivity contribution is -0.126. The topological polar surface area (TPSA) is 129 Å². The highest BCUT2D eigenvalue weighted by molar-refractivity contribution is 7.89. The number of aromatic carboxylic acids is 1. The largest absolute Gasteiger partial charge is 0.477 e. The number of rotatable bonds is 11. The molecule has 0 saturated carbocycles. The Morgan fingerprint density at radius 1 is 1.02 bits per heavy atom.